The van der Waals surface area contributed by atoms with E-state index < -0.39 is 0 Å². The third-order valence-corrected chi connectivity index (χ3v) is 4.75. The number of rotatable bonds is 5. The highest BCUT2D eigenvalue weighted by molar-refractivity contribution is 7.98. The maximum absolute atomic E-state index is 6.01. The summed E-state index contributed by atoms with van der Waals surface area (Å²) in [6, 6.07) is 7.83. The topological polar surface area (TPSA) is 52.8 Å². The van der Waals surface area contributed by atoms with E-state index in [4.69, 9.17) is 16.3 Å². The van der Waals surface area contributed by atoms with E-state index in [1.807, 2.05) is 35.0 Å². The first-order valence-corrected chi connectivity index (χ1v) is 8.19. The van der Waals surface area contributed by atoms with Gasteiger partial charge >= 0.3 is 0 Å². The number of hydrogen-bond donors (Lipinski definition) is 0. The predicted molar refractivity (Wildman–Crippen MR) is 84.6 cm³/mol. The molecule has 2 aromatic heterocycles. The van der Waals surface area contributed by atoms with E-state index in [0.717, 1.165) is 22.3 Å². The van der Waals surface area contributed by atoms with Gasteiger partial charge in [0.2, 0.25) is 0 Å². The number of benzene rings is 1. The number of methoxy groups -OCH3 is 1. The molecule has 0 unspecified atom stereocenters. The molecule has 0 fully saturated rings. The van der Waals surface area contributed by atoms with Crippen LogP contribution in [0.5, 0.6) is 5.75 Å². The Labute approximate surface area is 135 Å². The van der Waals surface area contributed by atoms with Crippen molar-refractivity contribution >= 4 is 34.9 Å². The summed E-state index contributed by atoms with van der Waals surface area (Å²) in [6.07, 6.45) is 3.68. The Morgan fingerprint density at radius 1 is 1.43 bits per heavy atom. The van der Waals surface area contributed by atoms with E-state index in [-0.39, 0.29) is 0 Å². The Morgan fingerprint density at radius 3 is 3.10 bits per heavy atom. The Bertz CT molecular complexity index is 743. The third kappa shape index (κ3) is 3.20. The summed E-state index contributed by atoms with van der Waals surface area (Å²) in [5.41, 5.74) is 1.78. The Hall–Kier alpha value is -1.57. The summed E-state index contributed by atoms with van der Waals surface area (Å²) in [6.45, 7) is 0. The van der Waals surface area contributed by atoms with Crippen LogP contribution in [0.25, 0.3) is 5.69 Å². The molecule has 1 aromatic carbocycles. The number of imidazole rings is 1. The molecule has 0 atom stereocenters. The first kappa shape index (κ1) is 14.4. The SMILES string of the molecule is COc1cccc(-n2ccnc2SCc2nnsc2Cl)c1. The summed E-state index contributed by atoms with van der Waals surface area (Å²) in [7, 11) is 1.65. The van der Waals surface area contributed by atoms with E-state index in [9.17, 15) is 0 Å². The van der Waals surface area contributed by atoms with Gasteiger partial charge in [-0.25, -0.2) is 4.98 Å². The molecule has 0 radical (unpaired) electrons. The Kier molecular flexibility index (Phi) is 4.42. The molecule has 0 N–H and O–H groups in total. The van der Waals surface area contributed by atoms with Crippen LogP contribution in [0.2, 0.25) is 4.34 Å². The molecule has 0 bridgehead atoms. The zero-order valence-electron chi connectivity index (χ0n) is 11.1. The van der Waals surface area contributed by atoms with Crippen LogP contribution in [-0.4, -0.2) is 26.2 Å². The van der Waals surface area contributed by atoms with Gasteiger partial charge < -0.3 is 4.74 Å². The van der Waals surface area contributed by atoms with Crippen molar-refractivity contribution in [2.24, 2.45) is 0 Å². The minimum atomic E-state index is 0.627. The number of aromatic nitrogens is 4. The molecule has 8 heteroatoms. The second-order valence-corrected chi connectivity index (χ2v) is 6.36. The van der Waals surface area contributed by atoms with Gasteiger partial charge in [0.05, 0.1) is 12.8 Å². The van der Waals surface area contributed by atoms with Crippen molar-refractivity contribution < 1.29 is 4.74 Å². The van der Waals surface area contributed by atoms with Crippen molar-refractivity contribution in [3.63, 3.8) is 0 Å². The first-order valence-electron chi connectivity index (χ1n) is 6.05. The standard InChI is InChI=1S/C13H11ClN4OS2/c1-19-10-4-2-3-9(7-10)18-6-5-15-13(18)20-8-11-12(14)21-17-16-11/h2-7H,8H2,1H3. The van der Waals surface area contributed by atoms with Crippen LogP contribution >= 0.6 is 34.9 Å². The predicted octanol–water partition coefficient (Wildman–Crippen LogP) is 3.68. The van der Waals surface area contributed by atoms with E-state index in [2.05, 4.69) is 14.6 Å². The Morgan fingerprint density at radius 2 is 2.33 bits per heavy atom. The second-order valence-electron chi connectivity index (χ2n) is 4.06. The molecule has 108 valence electrons. The van der Waals surface area contributed by atoms with Crippen molar-refractivity contribution in [2.45, 2.75) is 10.9 Å². The molecule has 21 heavy (non-hydrogen) atoms. The highest BCUT2D eigenvalue weighted by Crippen LogP contribution is 2.28. The smallest absolute Gasteiger partial charge is 0.172 e. The average Bonchev–Trinajstić information content (AvgIpc) is 3.14. The minimum absolute atomic E-state index is 0.627. The monoisotopic (exact) mass is 338 g/mol. The van der Waals surface area contributed by atoms with E-state index in [1.165, 1.54) is 11.5 Å². The summed E-state index contributed by atoms with van der Waals surface area (Å²) in [5.74, 6) is 1.44. The second kappa shape index (κ2) is 6.46. The van der Waals surface area contributed by atoms with Crippen LogP contribution < -0.4 is 4.74 Å². The molecule has 0 aliphatic rings. The molecule has 0 saturated heterocycles. The average molecular weight is 339 g/mol. The highest BCUT2D eigenvalue weighted by Gasteiger charge is 2.10. The molecule has 0 spiro atoms. The zero-order valence-corrected chi connectivity index (χ0v) is 13.5. The molecular weight excluding hydrogens is 328 g/mol. The van der Waals surface area contributed by atoms with Crippen LogP contribution in [0, 0.1) is 0 Å². The Balaban J connectivity index is 1.82. The molecule has 3 aromatic rings. The number of thioether (sulfide) groups is 1. The number of nitrogens with zero attached hydrogens (tertiary/aromatic N) is 4. The third-order valence-electron chi connectivity index (χ3n) is 2.79. The van der Waals surface area contributed by atoms with Gasteiger partial charge in [-0.05, 0) is 12.1 Å². The van der Waals surface area contributed by atoms with Gasteiger partial charge in [0.15, 0.2) is 5.16 Å². The normalized spacial score (nSPS) is 10.8. The van der Waals surface area contributed by atoms with Gasteiger partial charge in [-0.15, -0.1) is 5.10 Å². The zero-order chi connectivity index (χ0) is 14.7. The fourth-order valence-corrected chi connectivity index (χ4v) is 3.48. The van der Waals surface area contributed by atoms with E-state index in [0.29, 0.717) is 10.1 Å². The summed E-state index contributed by atoms with van der Waals surface area (Å²) >= 11 is 8.77. The minimum Gasteiger partial charge on any atom is -0.497 e. The molecule has 0 amide bonds. The molecule has 3 rings (SSSR count). The van der Waals surface area contributed by atoms with Crippen molar-refractivity contribution in [3.05, 3.63) is 46.7 Å². The largest absolute Gasteiger partial charge is 0.497 e. The van der Waals surface area contributed by atoms with E-state index >= 15 is 0 Å². The summed E-state index contributed by atoms with van der Waals surface area (Å²) in [5, 5.41) is 4.87. The molecular formula is C13H11ClN4OS2. The van der Waals surface area contributed by atoms with Crippen molar-refractivity contribution in [1.29, 1.82) is 0 Å². The lowest BCUT2D eigenvalue weighted by molar-refractivity contribution is 0.414. The molecule has 0 saturated carbocycles. The number of ether oxygens (including phenoxy) is 1. The quantitative estimate of drug-likeness (QED) is 0.664. The van der Waals surface area contributed by atoms with Crippen LogP contribution in [0.3, 0.4) is 0 Å². The molecule has 5 nitrogen and oxygen atoms in total. The number of halogens is 1. The lowest BCUT2D eigenvalue weighted by Gasteiger charge is -2.08. The molecule has 0 aliphatic heterocycles. The highest BCUT2D eigenvalue weighted by atomic mass is 35.5. The first-order chi connectivity index (χ1) is 10.3. The van der Waals surface area contributed by atoms with Crippen LogP contribution in [-0.2, 0) is 5.75 Å². The van der Waals surface area contributed by atoms with Gasteiger partial charge in [-0.1, -0.05) is 33.9 Å². The van der Waals surface area contributed by atoms with E-state index in [1.54, 1.807) is 25.1 Å². The van der Waals surface area contributed by atoms with Gasteiger partial charge in [0, 0.05) is 35.7 Å². The maximum Gasteiger partial charge on any atom is 0.172 e. The molecule has 2 heterocycles. The van der Waals surface area contributed by atoms with Crippen molar-refractivity contribution in [1.82, 2.24) is 19.1 Å². The maximum atomic E-state index is 6.01. The van der Waals surface area contributed by atoms with Crippen molar-refractivity contribution in [3.8, 4) is 11.4 Å². The van der Waals surface area contributed by atoms with Crippen molar-refractivity contribution in [2.75, 3.05) is 7.11 Å². The lowest BCUT2D eigenvalue weighted by atomic mass is 10.3. The van der Waals surface area contributed by atoms with Gasteiger partial charge in [-0.2, -0.15) is 0 Å². The fraction of sp³-hybridized carbons (Fsp3) is 0.154. The van der Waals surface area contributed by atoms with Gasteiger partial charge in [0.25, 0.3) is 0 Å². The van der Waals surface area contributed by atoms with Crippen LogP contribution in [0.1, 0.15) is 5.69 Å². The van der Waals surface area contributed by atoms with Gasteiger partial charge in [-0.3, -0.25) is 4.57 Å². The fourth-order valence-electron chi connectivity index (χ4n) is 1.77. The van der Waals surface area contributed by atoms with Gasteiger partial charge in [0.1, 0.15) is 15.8 Å². The van der Waals surface area contributed by atoms with Crippen LogP contribution in [0.15, 0.2) is 41.8 Å². The number of hydrogen-bond acceptors (Lipinski definition) is 6. The van der Waals surface area contributed by atoms with Crippen LogP contribution in [0.4, 0.5) is 0 Å². The summed E-state index contributed by atoms with van der Waals surface area (Å²) < 4.78 is 11.7. The lowest BCUT2D eigenvalue weighted by Crippen LogP contribution is -1.96. The molecule has 0 aliphatic carbocycles. The summed E-state index contributed by atoms with van der Waals surface area (Å²) in [4.78, 5) is 4.37.